The minimum Gasteiger partial charge on any atom is -0.468 e. The molecule has 18 heavy (non-hydrogen) atoms. The van der Waals surface area contributed by atoms with Crippen molar-refractivity contribution in [3.8, 4) is 0 Å². The Kier molecular flexibility index (Phi) is 5.01. The van der Waals surface area contributed by atoms with Crippen molar-refractivity contribution < 1.29 is 14.3 Å². The summed E-state index contributed by atoms with van der Waals surface area (Å²) >= 11 is 0. The van der Waals surface area contributed by atoms with Crippen LogP contribution in [0.25, 0.3) is 0 Å². The SMILES string of the molecule is COC(=O)[C@H]1CCCCN1C1CCCC(OC)C1. The van der Waals surface area contributed by atoms with Crippen LogP contribution >= 0.6 is 0 Å². The van der Waals surface area contributed by atoms with Gasteiger partial charge in [0.1, 0.15) is 6.04 Å². The van der Waals surface area contributed by atoms with Crippen molar-refractivity contribution in [2.75, 3.05) is 20.8 Å². The van der Waals surface area contributed by atoms with Crippen LogP contribution in [0.1, 0.15) is 44.9 Å². The maximum absolute atomic E-state index is 11.9. The Morgan fingerprint density at radius 3 is 2.67 bits per heavy atom. The summed E-state index contributed by atoms with van der Waals surface area (Å²) in [6.07, 6.45) is 8.25. The predicted molar refractivity (Wildman–Crippen MR) is 69.4 cm³/mol. The monoisotopic (exact) mass is 255 g/mol. The lowest BCUT2D eigenvalue weighted by Gasteiger charge is -2.42. The summed E-state index contributed by atoms with van der Waals surface area (Å²) in [4.78, 5) is 14.3. The van der Waals surface area contributed by atoms with Crippen molar-refractivity contribution in [3.05, 3.63) is 0 Å². The largest absolute Gasteiger partial charge is 0.468 e. The Morgan fingerprint density at radius 2 is 1.94 bits per heavy atom. The minimum absolute atomic E-state index is 0.0237. The molecule has 0 N–H and O–H groups in total. The molecule has 0 bridgehead atoms. The summed E-state index contributed by atoms with van der Waals surface area (Å²) in [5, 5.41) is 0. The first-order valence-electron chi connectivity index (χ1n) is 7.12. The molecule has 0 aromatic rings. The average Bonchev–Trinajstić information content (AvgIpc) is 2.46. The summed E-state index contributed by atoms with van der Waals surface area (Å²) < 4.78 is 10.4. The highest BCUT2D eigenvalue weighted by molar-refractivity contribution is 5.75. The molecule has 2 unspecified atom stereocenters. The molecule has 1 heterocycles. The first kappa shape index (κ1) is 13.8. The van der Waals surface area contributed by atoms with E-state index < -0.39 is 0 Å². The zero-order valence-electron chi connectivity index (χ0n) is 11.6. The standard InChI is InChI=1S/C14H25NO3/c1-17-12-7-5-6-11(10-12)15-9-4-3-8-13(15)14(16)18-2/h11-13H,3-10H2,1-2H3/t11?,12?,13-/m1/s1. The maximum Gasteiger partial charge on any atom is 0.323 e. The fraction of sp³-hybridized carbons (Fsp3) is 0.929. The fourth-order valence-electron chi connectivity index (χ4n) is 3.42. The van der Waals surface area contributed by atoms with E-state index in [-0.39, 0.29) is 12.0 Å². The van der Waals surface area contributed by atoms with Crippen molar-refractivity contribution in [2.45, 2.75) is 63.1 Å². The zero-order valence-corrected chi connectivity index (χ0v) is 11.6. The maximum atomic E-state index is 11.9. The van der Waals surface area contributed by atoms with Gasteiger partial charge in [-0.15, -0.1) is 0 Å². The Hall–Kier alpha value is -0.610. The zero-order chi connectivity index (χ0) is 13.0. The van der Waals surface area contributed by atoms with E-state index in [4.69, 9.17) is 9.47 Å². The smallest absolute Gasteiger partial charge is 0.323 e. The van der Waals surface area contributed by atoms with Gasteiger partial charge in [-0.25, -0.2) is 0 Å². The number of nitrogens with zero attached hydrogens (tertiary/aromatic N) is 1. The molecule has 0 aromatic heterocycles. The van der Waals surface area contributed by atoms with Gasteiger partial charge in [0.2, 0.25) is 0 Å². The molecule has 0 amide bonds. The van der Waals surface area contributed by atoms with Crippen molar-refractivity contribution >= 4 is 5.97 Å². The summed E-state index contributed by atoms with van der Waals surface area (Å²) in [7, 11) is 3.29. The molecule has 4 nitrogen and oxygen atoms in total. The van der Waals surface area contributed by atoms with E-state index in [0.29, 0.717) is 12.1 Å². The second kappa shape index (κ2) is 6.53. The molecule has 4 heteroatoms. The van der Waals surface area contributed by atoms with Crippen LogP contribution in [0.2, 0.25) is 0 Å². The van der Waals surface area contributed by atoms with E-state index in [0.717, 1.165) is 32.2 Å². The second-order valence-electron chi connectivity index (χ2n) is 5.45. The summed E-state index contributed by atoms with van der Waals surface area (Å²) in [5.41, 5.74) is 0. The van der Waals surface area contributed by atoms with Gasteiger partial charge in [-0.05, 0) is 45.1 Å². The average molecular weight is 255 g/mol. The van der Waals surface area contributed by atoms with Gasteiger partial charge in [-0.2, -0.15) is 0 Å². The first-order chi connectivity index (χ1) is 8.76. The molecule has 2 rings (SSSR count). The molecular formula is C14H25NO3. The molecule has 3 atom stereocenters. The van der Waals surface area contributed by atoms with Crippen molar-refractivity contribution in [1.82, 2.24) is 4.90 Å². The molecule has 1 aliphatic heterocycles. The fourth-order valence-corrected chi connectivity index (χ4v) is 3.42. The molecule has 0 aromatic carbocycles. The van der Waals surface area contributed by atoms with Crippen LogP contribution in [-0.2, 0) is 14.3 Å². The van der Waals surface area contributed by atoms with Crippen LogP contribution < -0.4 is 0 Å². The van der Waals surface area contributed by atoms with Crippen LogP contribution in [0.15, 0.2) is 0 Å². The number of carbonyl (C=O) groups excluding carboxylic acids is 1. The summed E-state index contributed by atoms with van der Waals surface area (Å²) in [6, 6.07) is 0.470. The molecule has 1 saturated heterocycles. The quantitative estimate of drug-likeness (QED) is 0.723. The Morgan fingerprint density at radius 1 is 1.11 bits per heavy atom. The van der Waals surface area contributed by atoms with Gasteiger partial charge < -0.3 is 9.47 Å². The van der Waals surface area contributed by atoms with Crippen molar-refractivity contribution in [2.24, 2.45) is 0 Å². The third kappa shape index (κ3) is 3.04. The molecule has 2 aliphatic rings. The molecule has 0 radical (unpaired) electrons. The van der Waals surface area contributed by atoms with E-state index >= 15 is 0 Å². The number of methoxy groups -OCH3 is 2. The number of carbonyl (C=O) groups is 1. The molecule has 1 saturated carbocycles. The highest BCUT2D eigenvalue weighted by atomic mass is 16.5. The van der Waals surface area contributed by atoms with E-state index in [1.54, 1.807) is 7.11 Å². The Labute approximate surface area is 110 Å². The third-order valence-corrected chi connectivity index (χ3v) is 4.42. The van der Waals surface area contributed by atoms with E-state index in [2.05, 4.69) is 4.90 Å². The topological polar surface area (TPSA) is 38.8 Å². The van der Waals surface area contributed by atoms with E-state index in [1.165, 1.54) is 26.4 Å². The second-order valence-corrected chi connectivity index (χ2v) is 5.45. The minimum atomic E-state index is -0.0609. The number of likely N-dealkylation sites (tertiary alicyclic amines) is 1. The number of ether oxygens (including phenoxy) is 2. The van der Waals surface area contributed by atoms with Crippen molar-refractivity contribution in [3.63, 3.8) is 0 Å². The Bertz CT molecular complexity index is 282. The first-order valence-corrected chi connectivity index (χ1v) is 7.12. The molecule has 104 valence electrons. The number of hydrogen-bond acceptors (Lipinski definition) is 4. The molecule has 2 fully saturated rings. The van der Waals surface area contributed by atoms with Crippen LogP contribution in [0.5, 0.6) is 0 Å². The van der Waals surface area contributed by atoms with E-state index in [1.807, 2.05) is 0 Å². The lowest BCUT2D eigenvalue weighted by Crippen LogP contribution is -2.52. The van der Waals surface area contributed by atoms with Gasteiger partial charge in [0.15, 0.2) is 0 Å². The predicted octanol–water partition coefficient (Wildman–Crippen LogP) is 1.97. The van der Waals surface area contributed by atoms with Gasteiger partial charge in [-0.3, -0.25) is 9.69 Å². The highest BCUT2D eigenvalue weighted by Crippen LogP contribution is 2.30. The van der Waals surface area contributed by atoms with Gasteiger partial charge in [-0.1, -0.05) is 6.42 Å². The van der Waals surface area contributed by atoms with Gasteiger partial charge in [0.05, 0.1) is 13.2 Å². The molecule has 1 aliphatic carbocycles. The number of hydrogen-bond donors (Lipinski definition) is 0. The van der Waals surface area contributed by atoms with Crippen LogP contribution in [0.4, 0.5) is 0 Å². The highest BCUT2D eigenvalue weighted by Gasteiger charge is 2.36. The summed E-state index contributed by atoms with van der Waals surface area (Å²) in [5.74, 6) is -0.0609. The summed E-state index contributed by atoms with van der Waals surface area (Å²) in [6.45, 7) is 1.03. The van der Waals surface area contributed by atoms with Gasteiger partial charge in [0, 0.05) is 13.2 Å². The van der Waals surface area contributed by atoms with Crippen LogP contribution in [0, 0.1) is 0 Å². The molecular weight excluding hydrogens is 230 g/mol. The number of piperidine rings is 1. The van der Waals surface area contributed by atoms with E-state index in [9.17, 15) is 4.79 Å². The lowest BCUT2D eigenvalue weighted by molar-refractivity contribution is -0.150. The normalized spacial score (nSPS) is 34.2. The van der Waals surface area contributed by atoms with Gasteiger partial charge in [0.25, 0.3) is 0 Å². The van der Waals surface area contributed by atoms with Crippen molar-refractivity contribution in [1.29, 1.82) is 0 Å². The van der Waals surface area contributed by atoms with Crippen LogP contribution in [0.3, 0.4) is 0 Å². The van der Waals surface area contributed by atoms with Crippen LogP contribution in [-0.4, -0.2) is 49.8 Å². The molecule has 0 spiro atoms. The van der Waals surface area contributed by atoms with Gasteiger partial charge >= 0.3 is 5.97 Å². The third-order valence-electron chi connectivity index (χ3n) is 4.42. The lowest BCUT2D eigenvalue weighted by atomic mass is 9.88. The Balaban J connectivity index is 2.01. The number of esters is 1. The number of rotatable bonds is 3.